The lowest BCUT2D eigenvalue weighted by Crippen LogP contribution is -2.07. The second-order valence-electron chi connectivity index (χ2n) is 7.97. The van der Waals surface area contributed by atoms with E-state index in [1.165, 1.54) is 95.6 Å². The molecule has 0 aliphatic rings. The van der Waals surface area contributed by atoms with Gasteiger partial charge in [0.15, 0.2) is 0 Å². The molecule has 4 nitrogen and oxygen atoms in total. The first kappa shape index (κ1) is 27.9. The van der Waals surface area contributed by atoms with E-state index in [4.69, 9.17) is 9.16 Å². The maximum Gasteiger partial charge on any atom is 0.331 e. The molecular formula is C24H46O4Si. The van der Waals surface area contributed by atoms with Gasteiger partial charge in [0.2, 0.25) is 9.76 Å². The van der Waals surface area contributed by atoms with E-state index in [0.29, 0.717) is 6.61 Å². The summed E-state index contributed by atoms with van der Waals surface area (Å²) < 4.78 is 10.4. The molecule has 0 fully saturated rings. The largest absolute Gasteiger partial charge is 0.522 e. The summed E-state index contributed by atoms with van der Waals surface area (Å²) in [6.07, 6.45) is 22.5. The summed E-state index contributed by atoms with van der Waals surface area (Å²) in [7, 11) is -0.810. The number of rotatable bonds is 21. The lowest BCUT2D eigenvalue weighted by atomic mass is 10.1. The van der Waals surface area contributed by atoms with Gasteiger partial charge in [-0.3, -0.25) is 0 Å². The van der Waals surface area contributed by atoms with Gasteiger partial charge in [-0.2, -0.15) is 0 Å². The van der Waals surface area contributed by atoms with Crippen molar-refractivity contribution in [2.24, 2.45) is 0 Å². The van der Waals surface area contributed by atoms with Crippen molar-refractivity contribution in [1.29, 1.82) is 0 Å². The first-order valence-corrected chi connectivity index (χ1v) is 13.8. The van der Waals surface area contributed by atoms with Crippen LogP contribution < -0.4 is 0 Å². The number of carbonyl (C=O) groups is 2. The molecule has 0 aliphatic carbocycles. The monoisotopic (exact) mass is 426 g/mol. The van der Waals surface area contributed by atoms with E-state index in [0.717, 1.165) is 25.3 Å². The van der Waals surface area contributed by atoms with Crippen LogP contribution in [-0.2, 0) is 18.8 Å². The van der Waals surface area contributed by atoms with Crippen molar-refractivity contribution in [3.05, 3.63) is 12.2 Å². The Labute approximate surface area is 182 Å². The third-order valence-electron chi connectivity index (χ3n) is 5.09. The lowest BCUT2D eigenvalue weighted by molar-refractivity contribution is -0.138. The lowest BCUT2D eigenvalue weighted by Gasteiger charge is -2.04. The van der Waals surface area contributed by atoms with Crippen molar-refractivity contribution >= 4 is 21.7 Å². The number of esters is 1. The highest BCUT2D eigenvalue weighted by Crippen LogP contribution is 2.10. The summed E-state index contributed by atoms with van der Waals surface area (Å²) in [6, 6.07) is 1.02. The van der Waals surface area contributed by atoms with Crippen LogP contribution in [0.3, 0.4) is 0 Å². The highest BCUT2D eigenvalue weighted by molar-refractivity contribution is 6.31. The second kappa shape index (κ2) is 23.2. The van der Waals surface area contributed by atoms with Crippen LogP contribution in [0, 0.1) is 0 Å². The molecule has 0 aromatic heterocycles. The van der Waals surface area contributed by atoms with Crippen molar-refractivity contribution < 1.29 is 18.8 Å². The minimum absolute atomic E-state index is 0.404. The van der Waals surface area contributed by atoms with Gasteiger partial charge in [0.1, 0.15) is 0 Å². The van der Waals surface area contributed by atoms with E-state index in [9.17, 15) is 9.59 Å². The Morgan fingerprint density at radius 2 is 1.07 bits per heavy atom. The standard InChI is InChI=1S/C24H46O4Si/c1-3-5-7-9-11-12-13-14-15-17-21-27-23(25)19-20-24(26)28-29-22-18-16-10-8-6-4-2/h19-20H,3-18,21-22,29H2,1-2H3/b20-19+. The average Bonchev–Trinajstić information content (AvgIpc) is 2.72. The van der Waals surface area contributed by atoms with Gasteiger partial charge in [0.05, 0.1) is 6.61 Å². The molecule has 0 N–H and O–H groups in total. The van der Waals surface area contributed by atoms with Crippen molar-refractivity contribution in [3.8, 4) is 0 Å². The molecule has 0 atom stereocenters. The van der Waals surface area contributed by atoms with Gasteiger partial charge in [0.25, 0.3) is 0 Å². The third kappa shape index (κ3) is 23.0. The van der Waals surface area contributed by atoms with Crippen LogP contribution in [-0.4, -0.2) is 28.3 Å². The number of carbonyl (C=O) groups excluding carboxylic acids is 2. The summed E-state index contributed by atoms with van der Waals surface area (Å²) in [5, 5.41) is 0. The summed E-state index contributed by atoms with van der Waals surface area (Å²) in [4.78, 5) is 23.2. The van der Waals surface area contributed by atoms with Gasteiger partial charge in [-0.05, 0) is 12.5 Å². The van der Waals surface area contributed by atoms with Crippen molar-refractivity contribution in [3.63, 3.8) is 0 Å². The van der Waals surface area contributed by atoms with Crippen LogP contribution in [0.2, 0.25) is 6.04 Å². The predicted molar refractivity (Wildman–Crippen MR) is 125 cm³/mol. The number of ether oxygens (including phenoxy) is 1. The maximum atomic E-state index is 11.6. The number of hydrogen-bond acceptors (Lipinski definition) is 4. The molecule has 0 rings (SSSR count). The summed E-state index contributed by atoms with van der Waals surface area (Å²) in [6.45, 7) is 4.89. The van der Waals surface area contributed by atoms with E-state index in [1.54, 1.807) is 0 Å². The van der Waals surface area contributed by atoms with E-state index in [2.05, 4.69) is 13.8 Å². The Morgan fingerprint density at radius 1 is 0.621 bits per heavy atom. The zero-order valence-electron chi connectivity index (χ0n) is 19.2. The first-order valence-electron chi connectivity index (χ1n) is 12.2. The molecule has 0 aliphatic heterocycles. The van der Waals surface area contributed by atoms with Gasteiger partial charge >= 0.3 is 11.9 Å². The second-order valence-corrected chi connectivity index (χ2v) is 9.38. The fourth-order valence-electron chi connectivity index (χ4n) is 3.23. The number of unbranched alkanes of at least 4 members (excludes halogenated alkanes) is 14. The summed E-state index contributed by atoms with van der Waals surface area (Å²) in [5.74, 6) is -0.853. The molecule has 0 aromatic rings. The Kier molecular flexibility index (Phi) is 22.3. The SMILES string of the molecule is CCCCCCCCCCCCOC(=O)/C=C/C(=O)O[SiH2]CCCCCCCC. The topological polar surface area (TPSA) is 52.6 Å². The molecule has 0 saturated carbocycles. The van der Waals surface area contributed by atoms with Crippen LogP contribution in [0.5, 0.6) is 0 Å². The van der Waals surface area contributed by atoms with Crippen molar-refractivity contribution in [1.82, 2.24) is 0 Å². The Morgan fingerprint density at radius 3 is 1.62 bits per heavy atom. The number of hydrogen-bond donors (Lipinski definition) is 0. The van der Waals surface area contributed by atoms with Gasteiger partial charge in [-0.25, -0.2) is 9.59 Å². The van der Waals surface area contributed by atoms with E-state index in [-0.39, 0.29) is 0 Å². The summed E-state index contributed by atoms with van der Waals surface area (Å²) in [5.41, 5.74) is 0. The van der Waals surface area contributed by atoms with Crippen LogP contribution in [0.15, 0.2) is 12.2 Å². The maximum absolute atomic E-state index is 11.6. The van der Waals surface area contributed by atoms with Gasteiger partial charge < -0.3 is 9.16 Å². The van der Waals surface area contributed by atoms with Crippen LogP contribution in [0.25, 0.3) is 0 Å². The van der Waals surface area contributed by atoms with Gasteiger partial charge in [-0.15, -0.1) is 0 Å². The molecule has 0 amide bonds. The fourth-order valence-corrected chi connectivity index (χ4v) is 4.23. The van der Waals surface area contributed by atoms with Gasteiger partial charge in [-0.1, -0.05) is 110 Å². The highest BCUT2D eigenvalue weighted by Gasteiger charge is 2.01. The van der Waals surface area contributed by atoms with Crippen molar-refractivity contribution in [2.75, 3.05) is 6.61 Å². The minimum atomic E-state index is -0.810. The highest BCUT2D eigenvalue weighted by atomic mass is 28.2. The smallest absolute Gasteiger partial charge is 0.331 e. The van der Waals surface area contributed by atoms with Crippen molar-refractivity contribution in [2.45, 2.75) is 123 Å². The predicted octanol–water partition coefficient (Wildman–Crippen LogP) is 6.41. The average molecular weight is 427 g/mol. The quantitative estimate of drug-likeness (QED) is 0.0920. The zero-order valence-corrected chi connectivity index (χ0v) is 20.6. The Bertz CT molecular complexity index is 410. The molecule has 0 heterocycles. The van der Waals surface area contributed by atoms with E-state index < -0.39 is 21.7 Å². The molecule has 0 aromatic carbocycles. The Hall–Kier alpha value is -1.10. The van der Waals surface area contributed by atoms with Crippen LogP contribution in [0.4, 0.5) is 0 Å². The molecule has 0 spiro atoms. The first-order chi connectivity index (χ1) is 14.2. The fraction of sp³-hybridized carbons (Fsp3) is 0.833. The normalized spacial score (nSPS) is 11.5. The summed E-state index contributed by atoms with van der Waals surface area (Å²) >= 11 is 0. The molecule has 0 saturated heterocycles. The zero-order chi connectivity index (χ0) is 21.4. The molecule has 0 bridgehead atoms. The molecule has 29 heavy (non-hydrogen) atoms. The molecule has 170 valence electrons. The van der Waals surface area contributed by atoms with Crippen LogP contribution >= 0.6 is 0 Å². The van der Waals surface area contributed by atoms with Crippen LogP contribution in [0.1, 0.15) is 117 Å². The third-order valence-corrected chi connectivity index (χ3v) is 6.37. The molecular weight excluding hydrogens is 380 g/mol. The van der Waals surface area contributed by atoms with Gasteiger partial charge in [0, 0.05) is 12.2 Å². The Balaban J connectivity index is 3.41. The molecule has 0 radical (unpaired) electrons. The van der Waals surface area contributed by atoms with E-state index in [1.807, 2.05) is 0 Å². The molecule has 0 unspecified atom stereocenters. The molecule has 5 heteroatoms. The minimum Gasteiger partial charge on any atom is -0.522 e. The van der Waals surface area contributed by atoms with E-state index >= 15 is 0 Å².